The highest BCUT2D eigenvalue weighted by molar-refractivity contribution is 7.16. The van der Waals surface area contributed by atoms with Crippen LogP contribution in [0.1, 0.15) is 5.01 Å². The molecule has 0 amide bonds. The number of guanidine groups is 2. The number of aromatic nitrogens is 2. The van der Waals surface area contributed by atoms with Gasteiger partial charge in [0, 0.05) is 18.6 Å². The van der Waals surface area contributed by atoms with Gasteiger partial charge >= 0.3 is 0 Å². The summed E-state index contributed by atoms with van der Waals surface area (Å²) in [6.07, 6.45) is 3.54. The van der Waals surface area contributed by atoms with Crippen LogP contribution in [0.25, 0.3) is 10.6 Å². The number of nitrogens with two attached hydrogens (primary N) is 2. The Morgan fingerprint density at radius 3 is 3.00 bits per heavy atom. The SMILES string of the molecule is CN=C(NC#N)NCc1ncc(-c2csc(N=C(N)N)n2)s1. The van der Waals surface area contributed by atoms with Gasteiger partial charge < -0.3 is 16.8 Å². The Morgan fingerprint density at radius 2 is 2.32 bits per heavy atom. The Labute approximate surface area is 134 Å². The average molecular weight is 335 g/mol. The molecule has 0 atom stereocenters. The van der Waals surface area contributed by atoms with Crippen LogP contribution in [-0.4, -0.2) is 28.9 Å². The Bertz CT molecular complexity index is 733. The molecule has 0 aliphatic carbocycles. The van der Waals surface area contributed by atoms with Crippen molar-refractivity contribution in [2.75, 3.05) is 7.05 Å². The molecule has 0 aromatic carbocycles. The normalized spacial score (nSPS) is 10.8. The zero-order valence-electron chi connectivity index (χ0n) is 11.6. The van der Waals surface area contributed by atoms with Gasteiger partial charge in [-0.3, -0.25) is 10.3 Å². The minimum absolute atomic E-state index is 0.0218. The average Bonchev–Trinajstić information content (AvgIpc) is 3.11. The van der Waals surface area contributed by atoms with Gasteiger partial charge in [0.05, 0.1) is 17.1 Å². The molecular weight excluding hydrogens is 322 g/mol. The third kappa shape index (κ3) is 4.14. The van der Waals surface area contributed by atoms with Crippen LogP contribution in [0, 0.1) is 11.5 Å². The summed E-state index contributed by atoms with van der Waals surface area (Å²) in [6.45, 7) is 0.455. The summed E-state index contributed by atoms with van der Waals surface area (Å²) in [4.78, 5) is 17.3. The number of nitriles is 1. The second-order valence-corrected chi connectivity index (χ2v) is 5.78. The van der Waals surface area contributed by atoms with Crippen molar-refractivity contribution in [3.63, 3.8) is 0 Å². The van der Waals surface area contributed by atoms with E-state index in [1.165, 1.54) is 22.7 Å². The molecule has 0 unspecified atom stereocenters. The van der Waals surface area contributed by atoms with Crippen molar-refractivity contribution in [1.82, 2.24) is 20.6 Å². The van der Waals surface area contributed by atoms with Crippen LogP contribution in [-0.2, 0) is 6.54 Å². The number of thiazole rings is 2. The van der Waals surface area contributed by atoms with Gasteiger partial charge in [-0.2, -0.15) is 10.3 Å². The molecule has 0 bridgehead atoms. The fraction of sp³-hybridized carbons (Fsp3) is 0.182. The quantitative estimate of drug-likeness (QED) is 0.272. The van der Waals surface area contributed by atoms with Crippen molar-refractivity contribution >= 4 is 39.7 Å². The molecule has 0 saturated carbocycles. The van der Waals surface area contributed by atoms with Crippen LogP contribution in [0.15, 0.2) is 21.6 Å². The summed E-state index contributed by atoms with van der Waals surface area (Å²) < 4.78 is 0. The van der Waals surface area contributed by atoms with Gasteiger partial charge in [-0.05, 0) is 0 Å². The smallest absolute Gasteiger partial charge is 0.212 e. The Balaban J connectivity index is 2.04. The van der Waals surface area contributed by atoms with E-state index >= 15 is 0 Å². The molecule has 9 nitrogen and oxygen atoms in total. The Morgan fingerprint density at radius 1 is 1.50 bits per heavy atom. The molecule has 11 heteroatoms. The van der Waals surface area contributed by atoms with E-state index in [2.05, 4.69) is 30.6 Å². The Hall–Kier alpha value is -2.71. The number of nitrogens with zero attached hydrogens (tertiary/aromatic N) is 5. The molecule has 2 heterocycles. The predicted molar refractivity (Wildman–Crippen MR) is 87.6 cm³/mol. The highest BCUT2D eigenvalue weighted by atomic mass is 32.1. The Kier molecular flexibility index (Phi) is 5.23. The highest BCUT2D eigenvalue weighted by Crippen LogP contribution is 2.30. The fourth-order valence-electron chi connectivity index (χ4n) is 1.44. The van der Waals surface area contributed by atoms with E-state index in [-0.39, 0.29) is 5.96 Å². The predicted octanol–water partition coefficient (Wildman–Crippen LogP) is 0.318. The van der Waals surface area contributed by atoms with Crippen molar-refractivity contribution in [3.8, 4) is 16.8 Å². The number of hydrogen-bond acceptors (Lipinski definition) is 7. The van der Waals surface area contributed by atoms with Gasteiger partial charge in [0.25, 0.3) is 0 Å². The van der Waals surface area contributed by atoms with Gasteiger partial charge in [-0.25, -0.2) is 9.97 Å². The van der Waals surface area contributed by atoms with Crippen LogP contribution in [0.2, 0.25) is 0 Å². The van der Waals surface area contributed by atoms with Gasteiger partial charge in [0.1, 0.15) is 5.01 Å². The number of aliphatic imine (C=N–C) groups is 2. The first kappa shape index (κ1) is 15.7. The van der Waals surface area contributed by atoms with Crippen molar-refractivity contribution in [2.24, 2.45) is 21.5 Å². The van der Waals surface area contributed by atoms with Gasteiger partial charge in [-0.1, -0.05) is 0 Å². The summed E-state index contributed by atoms with van der Waals surface area (Å²) in [5.41, 5.74) is 11.4. The van der Waals surface area contributed by atoms with Crippen molar-refractivity contribution in [1.29, 1.82) is 5.26 Å². The largest absolute Gasteiger partial charge is 0.370 e. The molecule has 2 aromatic rings. The van der Waals surface area contributed by atoms with E-state index in [0.29, 0.717) is 17.6 Å². The molecule has 114 valence electrons. The van der Waals surface area contributed by atoms with Crippen LogP contribution in [0.4, 0.5) is 5.13 Å². The minimum atomic E-state index is -0.0218. The maximum atomic E-state index is 8.55. The third-order valence-corrected chi connectivity index (χ3v) is 4.08. The molecule has 0 aliphatic heterocycles. The molecule has 0 spiro atoms. The topological polar surface area (TPSA) is 150 Å². The van der Waals surface area contributed by atoms with E-state index in [1.54, 1.807) is 19.4 Å². The lowest BCUT2D eigenvalue weighted by Crippen LogP contribution is -2.33. The summed E-state index contributed by atoms with van der Waals surface area (Å²) in [7, 11) is 1.58. The zero-order valence-corrected chi connectivity index (χ0v) is 13.2. The number of hydrogen-bond donors (Lipinski definition) is 4. The van der Waals surface area contributed by atoms with Crippen LogP contribution in [0.3, 0.4) is 0 Å². The minimum Gasteiger partial charge on any atom is -0.370 e. The zero-order chi connectivity index (χ0) is 15.9. The van der Waals surface area contributed by atoms with E-state index < -0.39 is 0 Å². The summed E-state index contributed by atoms with van der Waals surface area (Å²) >= 11 is 2.83. The lowest BCUT2D eigenvalue weighted by molar-refractivity contribution is 0.869. The van der Waals surface area contributed by atoms with Crippen molar-refractivity contribution in [2.45, 2.75) is 6.54 Å². The first-order valence-corrected chi connectivity index (χ1v) is 7.68. The monoisotopic (exact) mass is 335 g/mol. The maximum Gasteiger partial charge on any atom is 0.212 e. The number of rotatable bonds is 4. The first-order chi connectivity index (χ1) is 10.6. The molecule has 0 fully saturated rings. The van der Waals surface area contributed by atoms with E-state index in [1.807, 2.05) is 5.38 Å². The second kappa shape index (κ2) is 7.34. The fourth-order valence-corrected chi connectivity index (χ4v) is 3.04. The lowest BCUT2D eigenvalue weighted by atomic mass is 10.4. The molecular formula is C11H13N9S2. The van der Waals surface area contributed by atoms with E-state index in [0.717, 1.165) is 15.6 Å². The van der Waals surface area contributed by atoms with Gasteiger partial charge in [0.15, 0.2) is 12.2 Å². The van der Waals surface area contributed by atoms with Crippen LogP contribution >= 0.6 is 22.7 Å². The van der Waals surface area contributed by atoms with E-state index in [4.69, 9.17) is 16.7 Å². The molecule has 6 N–H and O–H groups in total. The van der Waals surface area contributed by atoms with Crippen molar-refractivity contribution < 1.29 is 0 Å². The van der Waals surface area contributed by atoms with Gasteiger partial charge in [-0.15, -0.1) is 22.7 Å². The summed E-state index contributed by atoms with van der Waals surface area (Å²) in [6, 6.07) is 0. The van der Waals surface area contributed by atoms with Crippen LogP contribution in [0.5, 0.6) is 0 Å². The lowest BCUT2D eigenvalue weighted by Gasteiger charge is -2.03. The first-order valence-electron chi connectivity index (χ1n) is 5.98. The summed E-state index contributed by atoms with van der Waals surface area (Å²) in [5, 5.41) is 17.2. The molecule has 22 heavy (non-hydrogen) atoms. The molecule has 0 saturated heterocycles. The third-order valence-electron chi connectivity index (χ3n) is 2.33. The van der Waals surface area contributed by atoms with Crippen LogP contribution < -0.4 is 22.1 Å². The molecule has 2 rings (SSSR count). The molecule has 0 radical (unpaired) electrons. The number of nitrogens with one attached hydrogen (secondary N) is 2. The van der Waals surface area contributed by atoms with Crippen molar-refractivity contribution in [3.05, 3.63) is 16.6 Å². The standard InChI is InChI=1S/C11H13N9S2/c1-15-10(18-5-12)17-3-8-16-2-7(22-8)6-4-21-11(19-6)20-9(13)14/h2,4H,3H2,1H3,(H2,15,17,18)(H4,13,14,19,20). The second-order valence-electron chi connectivity index (χ2n) is 3.83. The maximum absolute atomic E-state index is 8.55. The molecule has 2 aromatic heterocycles. The highest BCUT2D eigenvalue weighted by Gasteiger charge is 2.09. The van der Waals surface area contributed by atoms with Gasteiger partial charge in [0.2, 0.25) is 11.1 Å². The summed E-state index contributed by atoms with van der Waals surface area (Å²) in [5.74, 6) is 0.370. The van der Waals surface area contributed by atoms with E-state index in [9.17, 15) is 0 Å². The molecule has 0 aliphatic rings.